The van der Waals surface area contributed by atoms with Gasteiger partial charge in [0.15, 0.2) is 0 Å². The minimum atomic E-state index is -0.319. The first-order valence-electron chi connectivity index (χ1n) is 7.46. The summed E-state index contributed by atoms with van der Waals surface area (Å²) in [4.78, 5) is 23.8. The van der Waals surface area contributed by atoms with Crippen LogP contribution >= 0.6 is 0 Å². The van der Waals surface area contributed by atoms with Crippen molar-refractivity contribution in [1.82, 2.24) is 10.6 Å². The fourth-order valence-corrected chi connectivity index (χ4v) is 2.16. The van der Waals surface area contributed by atoms with Crippen LogP contribution in [0.15, 0.2) is 66.4 Å². The standard InChI is InChI=1S/C19H20N2O2/c1-14(17-11-7-4-8-12-17)20-19(23)18(21-15(2)22)13-16-9-5-3-6-10-16/h3-14H,1-2H3,(H,20,23)(H,21,22)/t14-/m1/s1. The summed E-state index contributed by atoms with van der Waals surface area (Å²) in [5.74, 6) is -0.602. The van der Waals surface area contributed by atoms with E-state index in [-0.39, 0.29) is 23.6 Å². The molecule has 4 nitrogen and oxygen atoms in total. The number of hydrogen-bond acceptors (Lipinski definition) is 2. The molecular weight excluding hydrogens is 288 g/mol. The largest absolute Gasteiger partial charge is 0.344 e. The molecule has 0 aliphatic carbocycles. The molecule has 2 aromatic carbocycles. The van der Waals surface area contributed by atoms with Gasteiger partial charge in [-0.1, -0.05) is 60.7 Å². The molecule has 118 valence electrons. The summed E-state index contributed by atoms with van der Waals surface area (Å²) in [6, 6.07) is 18.9. The second-order valence-corrected chi connectivity index (χ2v) is 5.26. The van der Waals surface area contributed by atoms with Crippen LogP contribution in [-0.2, 0) is 9.59 Å². The summed E-state index contributed by atoms with van der Waals surface area (Å²) < 4.78 is 0. The Balaban J connectivity index is 2.17. The SMILES string of the molecule is CC(=O)NC(=Cc1ccccc1)C(=O)N[C@H](C)c1ccccc1. The van der Waals surface area contributed by atoms with Crippen molar-refractivity contribution >= 4 is 17.9 Å². The van der Waals surface area contributed by atoms with Crippen LogP contribution in [0.1, 0.15) is 31.0 Å². The maximum Gasteiger partial charge on any atom is 0.268 e. The van der Waals surface area contributed by atoms with Crippen molar-refractivity contribution in [3.05, 3.63) is 77.5 Å². The van der Waals surface area contributed by atoms with Crippen molar-refractivity contribution in [2.75, 3.05) is 0 Å². The van der Waals surface area contributed by atoms with E-state index < -0.39 is 0 Å². The second-order valence-electron chi connectivity index (χ2n) is 5.26. The molecule has 0 saturated heterocycles. The first kappa shape index (κ1) is 16.5. The van der Waals surface area contributed by atoms with Crippen LogP contribution in [0, 0.1) is 0 Å². The summed E-state index contributed by atoms with van der Waals surface area (Å²) in [5, 5.41) is 5.50. The van der Waals surface area contributed by atoms with Crippen molar-refractivity contribution in [2.45, 2.75) is 19.9 Å². The zero-order valence-corrected chi connectivity index (χ0v) is 13.2. The molecule has 2 N–H and O–H groups in total. The van der Waals surface area contributed by atoms with Crippen molar-refractivity contribution in [2.24, 2.45) is 0 Å². The third-order valence-electron chi connectivity index (χ3n) is 3.31. The lowest BCUT2D eigenvalue weighted by molar-refractivity contribution is -0.122. The number of rotatable bonds is 5. The smallest absolute Gasteiger partial charge is 0.268 e. The predicted molar refractivity (Wildman–Crippen MR) is 91.2 cm³/mol. The Morgan fingerprint density at radius 1 is 0.957 bits per heavy atom. The Labute approximate surface area is 136 Å². The highest BCUT2D eigenvalue weighted by Crippen LogP contribution is 2.12. The molecule has 0 radical (unpaired) electrons. The fourth-order valence-electron chi connectivity index (χ4n) is 2.16. The van der Waals surface area contributed by atoms with Crippen LogP contribution in [0.3, 0.4) is 0 Å². The van der Waals surface area contributed by atoms with Gasteiger partial charge >= 0.3 is 0 Å². The van der Waals surface area contributed by atoms with E-state index in [0.29, 0.717) is 0 Å². The van der Waals surface area contributed by atoms with Gasteiger partial charge in [0.1, 0.15) is 5.70 Å². The number of nitrogens with one attached hydrogen (secondary N) is 2. The van der Waals surface area contributed by atoms with Gasteiger partial charge in [0.25, 0.3) is 5.91 Å². The van der Waals surface area contributed by atoms with Crippen molar-refractivity contribution in [3.8, 4) is 0 Å². The van der Waals surface area contributed by atoms with E-state index in [1.165, 1.54) is 6.92 Å². The molecule has 2 aromatic rings. The lowest BCUT2D eigenvalue weighted by Gasteiger charge is -2.16. The molecule has 23 heavy (non-hydrogen) atoms. The summed E-state index contributed by atoms with van der Waals surface area (Å²) in [6.45, 7) is 3.29. The van der Waals surface area contributed by atoms with Crippen LogP contribution < -0.4 is 10.6 Å². The van der Waals surface area contributed by atoms with Crippen molar-refractivity contribution in [1.29, 1.82) is 0 Å². The maximum absolute atomic E-state index is 12.5. The van der Waals surface area contributed by atoms with E-state index in [0.717, 1.165) is 11.1 Å². The lowest BCUT2D eigenvalue weighted by Crippen LogP contribution is -2.35. The molecule has 1 atom stereocenters. The molecule has 2 rings (SSSR count). The molecule has 0 aromatic heterocycles. The highest BCUT2D eigenvalue weighted by atomic mass is 16.2. The highest BCUT2D eigenvalue weighted by molar-refractivity contribution is 6.01. The molecule has 0 aliphatic heterocycles. The Kier molecular flexibility index (Phi) is 5.69. The maximum atomic E-state index is 12.5. The summed E-state index contributed by atoms with van der Waals surface area (Å²) in [5.41, 5.74) is 2.08. The van der Waals surface area contributed by atoms with Crippen LogP contribution in [0.5, 0.6) is 0 Å². The van der Waals surface area contributed by atoms with Gasteiger partial charge in [-0.15, -0.1) is 0 Å². The highest BCUT2D eigenvalue weighted by Gasteiger charge is 2.14. The van der Waals surface area contributed by atoms with Crippen LogP contribution in [-0.4, -0.2) is 11.8 Å². The minimum absolute atomic E-state index is 0.156. The number of carbonyl (C=O) groups excluding carboxylic acids is 2. The average Bonchev–Trinajstić information content (AvgIpc) is 2.55. The molecule has 0 fully saturated rings. The Bertz CT molecular complexity index is 694. The van der Waals surface area contributed by atoms with Gasteiger partial charge in [0.2, 0.25) is 5.91 Å². The van der Waals surface area contributed by atoms with Crippen molar-refractivity contribution < 1.29 is 9.59 Å². The van der Waals surface area contributed by atoms with E-state index in [1.807, 2.05) is 67.6 Å². The molecule has 0 spiro atoms. The molecule has 2 amide bonds. The molecule has 0 unspecified atom stereocenters. The second kappa shape index (κ2) is 7.94. The monoisotopic (exact) mass is 308 g/mol. The topological polar surface area (TPSA) is 58.2 Å². The fraction of sp³-hybridized carbons (Fsp3) is 0.158. The molecule has 0 saturated carbocycles. The summed E-state index contributed by atoms with van der Waals surface area (Å²) in [6.07, 6.45) is 1.66. The van der Waals surface area contributed by atoms with Gasteiger partial charge in [-0.2, -0.15) is 0 Å². The molecule has 4 heteroatoms. The lowest BCUT2D eigenvalue weighted by atomic mass is 10.1. The third kappa shape index (κ3) is 5.11. The van der Waals surface area contributed by atoms with Crippen LogP contribution in [0.25, 0.3) is 6.08 Å². The molecule has 0 heterocycles. The number of benzene rings is 2. The minimum Gasteiger partial charge on any atom is -0.344 e. The van der Waals surface area contributed by atoms with Gasteiger partial charge < -0.3 is 10.6 Å². The normalized spacial score (nSPS) is 12.3. The van der Waals surface area contributed by atoms with E-state index in [4.69, 9.17) is 0 Å². The third-order valence-corrected chi connectivity index (χ3v) is 3.31. The van der Waals surface area contributed by atoms with Crippen molar-refractivity contribution in [3.63, 3.8) is 0 Å². The van der Waals surface area contributed by atoms with Crippen LogP contribution in [0.2, 0.25) is 0 Å². The number of carbonyl (C=O) groups is 2. The first-order valence-corrected chi connectivity index (χ1v) is 7.46. The van der Waals surface area contributed by atoms with Crippen LogP contribution in [0.4, 0.5) is 0 Å². The summed E-state index contributed by atoms with van der Waals surface area (Å²) >= 11 is 0. The summed E-state index contributed by atoms with van der Waals surface area (Å²) in [7, 11) is 0. The number of hydrogen-bond donors (Lipinski definition) is 2. The Morgan fingerprint density at radius 2 is 1.52 bits per heavy atom. The quantitative estimate of drug-likeness (QED) is 0.834. The average molecular weight is 308 g/mol. The predicted octanol–water partition coefficient (Wildman–Crippen LogP) is 3.04. The van der Waals surface area contributed by atoms with E-state index in [2.05, 4.69) is 10.6 Å². The molecular formula is C19H20N2O2. The van der Waals surface area contributed by atoms with E-state index in [9.17, 15) is 9.59 Å². The van der Waals surface area contributed by atoms with Gasteiger partial charge in [-0.25, -0.2) is 0 Å². The number of amides is 2. The van der Waals surface area contributed by atoms with E-state index in [1.54, 1.807) is 6.08 Å². The van der Waals surface area contributed by atoms with E-state index >= 15 is 0 Å². The first-order chi connectivity index (χ1) is 11.1. The molecule has 0 bridgehead atoms. The van der Waals surface area contributed by atoms with Gasteiger partial charge in [-0.3, -0.25) is 9.59 Å². The Morgan fingerprint density at radius 3 is 2.09 bits per heavy atom. The zero-order valence-electron chi connectivity index (χ0n) is 13.2. The van der Waals surface area contributed by atoms with Gasteiger partial charge in [-0.05, 0) is 24.1 Å². The zero-order chi connectivity index (χ0) is 16.7. The van der Waals surface area contributed by atoms with Gasteiger partial charge in [0, 0.05) is 6.92 Å². The van der Waals surface area contributed by atoms with Gasteiger partial charge in [0.05, 0.1) is 6.04 Å². The Hall–Kier alpha value is -2.88. The molecule has 0 aliphatic rings.